The van der Waals surface area contributed by atoms with Crippen LogP contribution in [0.3, 0.4) is 0 Å². The Bertz CT molecular complexity index is 1280. The maximum Gasteiger partial charge on any atom is 0.402 e. The number of aliphatic hydroxyl groups excluding tert-OH is 1. The Morgan fingerprint density at radius 2 is 1.72 bits per heavy atom. The molecule has 194 valence electrons. The van der Waals surface area contributed by atoms with Gasteiger partial charge in [-0.3, -0.25) is 4.79 Å². The highest BCUT2D eigenvalue weighted by Gasteiger charge is 2.60. The van der Waals surface area contributed by atoms with Crippen molar-refractivity contribution < 1.29 is 35.9 Å². The third-order valence-electron chi connectivity index (χ3n) is 7.87. The Hall–Kier alpha value is -2.34. The third kappa shape index (κ3) is 4.69. The SMILES string of the molecule is O=C(CC(O)c1ccc(F)cc1)c1ccc2c(c1)C[C@@H]1CC[C@H](C2)[C@]12CN(CC(F)(F)F)S(=O)(=O)N2. The molecule has 4 atom stereocenters. The van der Waals surface area contributed by atoms with E-state index in [2.05, 4.69) is 4.72 Å². The van der Waals surface area contributed by atoms with Crippen molar-refractivity contribution >= 4 is 16.0 Å². The zero-order valence-corrected chi connectivity index (χ0v) is 20.1. The summed E-state index contributed by atoms with van der Waals surface area (Å²) >= 11 is 0. The van der Waals surface area contributed by atoms with Crippen LogP contribution < -0.4 is 4.72 Å². The van der Waals surface area contributed by atoms with Crippen LogP contribution in [-0.2, 0) is 23.1 Å². The molecule has 2 aliphatic carbocycles. The van der Waals surface area contributed by atoms with E-state index in [1.54, 1.807) is 12.1 Å². The number of alkyl halides is 3. The average Bonchev–Trinajstić information content (AvgIpc) is 3.17. The summed E-state index contributed by atoms with van der Waals surface area (Å²) < 4.78 is 80.6. The van der Waals surface area contributed by atoms with E-state index in [0.29, 0.717) is 41.1 Å². The van der Waals surface area contributed by atoms with Crippen molar-refractivity contribution in [1.82, 2.24) is 9.03 Å². The van der Waals surface area contributed by atoms with E-state index in [0.717, 1.165) is 11.1 Å². The molecule has 1 saturated heterocycles. The van der Waals surface area contributed by atoms with Crippen molar-refractivity contribution in [2.24, 2.45) is 11.8 Å². The van der Waals surface area contributed by atoms with Gasteiger partial charge in [-0.25, -0.2) is 4.39 Å². The first-order chi connectivity index (χ1) is 16.9. The standard InChI is InChI=1S/C25H26F4N2O4S/c26-21-7-3-15(4-8-21)22(32)12-23(33)17-2-1-16-10-19-5-6-20(11-18(16)9-17)24(19)13-31(14-25(27,28)29)36(34,35)30-24/h1-4,7-9,19-20,22,30,32H,5-6,10-14H2/t19-,20+,22?,24-/m1/s1. The molecule has 11 heteroatoms. The number of benzene rings is 2. The van der Waals surface area contributed by atoms with E-state index < -0.39 is 40.4 Å². The molecular weight excluding hydrogens is 500 g/mol. The Labute approximate surface area is 206 Å². The van der Waals surface area contributed by atoms with Crippen LogP contribution in [0.1, 0.15) is 52.4 Å². The molecule has 1 heterocycles. The molecule has 2 aromatic carbocycles. The van der Waals surface area contributed by atoms with Crippen LogP contribution in [0.25, 0.3) is 0 Å². The lowest BCUT2D eigenvalue weighted by atomic mass is 9.79. The van der Waals surface area contributed by atoms with Gasteiger partial charge in [-0.05, 0) is 72.4 Å². The number of carbonyl (C=O) groups is 1. The Kier molecular flexibility index (Phi) is 6.26. The first kappa shape index (κ1) is 25.3. The number of hydrogen-bond donors (Lipinski definition) is 2. The Morgan fingerprint density at radius 3 is 2.36 bits per heavy atom. The minimum atomic E-state index is -4.64. The quantitative estimate of drug-likeness (QED) is 0.460. The molecule has 1 spiro atoms. The second-order valence-electron chi connectivity index (χ2n) is 10.1. The average molecular weight is 527 g/mol. The topological polar surface area (TPSA) is 86.7 Å². The van der Waals surface area contributed by atoms with Gasteiger partial charge >= 0.3 is 6.18 Å². The van der Waals surface area contributed by atoms with Gasteiger partial charge in [0.2, 0.25) is 0 Å². The van der Waals surface area contributed by atoms with Crippen LogP contribution in [0.15, 0.2) is 42.5 Å². The fourth-order valence-electron chi connectivity index (χ4n) is 6.11. The molecule has 5 rings (SSSR count). The van der Waals surface area contributed by atoms with Crippen LogP contribution in [0.4, 0.5) is 17.6 Å². The van der Waals surface area contributed by atoms with Crippen molar-refractivity contribution in [2.45, 2.75) is 49.9 Å². The van der Waals surface area contributed by atoms with Crippen molar-refractivity contribution in [3.63, 3.8) is 0 Å². The number of Topliss-reactive ketones (excluding diaryl/α,β-unsaturated/α-hetero) is 1. The molecule has 1 saturated carbocycles. The second-order valence-corrected chi connectivity index (χ2v) is 11.8. The molecule has 1 unspecified atom stereocenters. The highest BCUT2D eigenvalue weighted by atomic mass is 32.2. The minimum absolute atomic E-state index is 0.154. The summed E-state index contributed by atoms with van der Waals surface area (Å²) in [6, 6.07) is 10.5. The van der Waals surface area contributed by atoms with Gasteiger partial charge in [0.1, 0.15) is 12.4 Å². The summed E-state index contributed by atoms with van der Waals surface area (Å²) in [7, 11) is -4.26. The first-order valence-electron chi connectivity index (χ1n) is 11.8. The van der Waals surface area contributed by atoms with Crippen LogP contribution in [0.2, 0.25) is 0 Å². The molecule has 2 fully saturated rings. The molecule has 2 N–H and O–H groups in total. The van der Waals surface area contributed by atoms with Gasteiger partial charge in [-0.2, -0.15) is 30.6 Å². The minimum Gasteiger partial charge on any atom is -0.388 e. The lowest BCUT2D eigenvalue weighted by Gasteiger charge is -2.33. The highest BCUT2D eigenvalue weighted by Crippen LogP contribution is 2.50. The number of fused-ring (bicyclic) bond motifs is 1. The van der Waals surface area contributed by atoms with Gasteiger partial charge in [0.05, 0.1) is 11.6 Å². The smallest absolute Gasteiger partial charge is 0.388 e. The van der Waals surface area contributed by atoms with Crippen molar-refractivity contribution in [1.29, 1.82) is 0 Å². The van der Waals surface area contributed by atoms with Crippen LogP contribution in [0, 0.1) is 17.7 Å². The van der Waals surface area contributed by atoms with Gasteiger partial charge < -0.3 is 5.11 Å². The maximum atomic E-state index is 13.1. The monoisotopic (exact) mass is 526 g/mol. The molecule has 6 nitrogen and oxygen atoms in total. The van der Waals surface area contributed by atoms with Gasteiger partial charge in [0.25, 0.3) is 10.2 Å². The van der Waals surface area contributed by atoms with E-state index in [4.69, 9.17) is 0 Å². The Morgan fingerprint density at radius 1 is 1.08 bits per heavy atom. The maximum absolute atomic E-state index is 13.1. The summed E-state index contributed by atoms with van der Waals surface area (Å²) in [5.41, 5.74) is 1.66. The number of halogens is 4. The van der Waals surface area contributed by atoms with E-state index >= 15 is 0 Å². The molecule has 3 aliphatic rings. The van der Waals surface area contributed by atoms with Crippen LogP contribution in [-0.4, -0.2) is 48.4 Å². The molecule has 2 aromatic rings. The molecule has 0 amide bonds. The lowest BCUT2D eigenvalue weighted by Crippen LogP contribution is -2.52. The number of hydrogen-bond acceptors (Lipinski definition) is 4. The van der Waals surface area contributed by atoms with Crippen molar-refractivity contribution in [2.75, 3.05) is 13.1 Å². The van der Waals surface area contributed by atoms with Crippen molar-refractivity contribution in [3.05, 3.63) is 70.5 Å². The molecular formula is C25H26F4N2O4S. The van der Waals surface area contributed by atoms with E-state index in [1.165, 1.54) is 24.3 Å². The predicted octanol–water partition coefficient (Wildman–Crippen LogP) is 3.71. The lowest BCUT2D eigenvalue weighted by molar-refractivity contribution is -0.136. The fraction of sp³-hybridized carbons (Fsp3) is 0.480. The molecule has 0 aromatic heterocycles. The van der Waals surface area contributed by atoms with Crippen LogP contribution >= 0.6 is 0 Å². The second kappa shape index (κ2) is 8.90. The number of nitrogens with zero attached hydrogens (tertiary/aromatic N) is 1. The first-order valence-corrected chi connectivity index (χ1v) is 13.2. The summed E-state index contributed by atoms with van der Waals surface area (Å²) in [4.78, 5) is 12.9. The van der Waals surface area contributed by atoms with Crippen LogP contribution in [0.5, 0.6) is 0 Å². The third-order valence-corrected chi connectivity index (χ3v) is 9.44. The largest absolute Gasteiger partial charge is 0.402 e. The zero-order chi connectivity index (χ0) is 25.9. The van der Waals surface area contributed by atoms with E-state index in [9.17, 15) is 35.9 Å². The zero-order valence-electron chi connectivity index (χ0n) is 19.3. The van der Waals surface area contributed by atoms with Gasteiger partial charge in [0.15, 0.2) is 5.78 Å². The van der Waals surface area contributed by atoms with Gasteiger partial charge in [0, 0.05) is 18.5 Å². The summed E-state index contributed by atoms with van der Waals surface area (Å²) in [5.74, 6) is -1.09. The summed E-state index contributed by atoms with van der Waals surface area (Å²) in [6.45, 7) is -1.75. The number of ketones is 1. The fourth-order valence-corrected chi connectivity index (χ4v) is 7.82. The van der Waals surface area contributed by atoms with Crippen molar-refractivity contribution in [3.8, 4) is 0 Å². The molecule has 36 heavy (non-hydrogen) atoms. The molecule has 1 aliphatic heterocycles. The molecule has 0 radical (unpaired) electrons. The predicted molar refractivity (Wildman–Crippen MR) is 123 cm³/mol. The van der Waals surface area contributed by atoms with Gasteiger partial charge in [-0.1, -0.05) is 24.3 Å². The number of aliphatic hydroxyl groups is 1. The van der Waals surface area contributed by atoms with Gasteiger partial charge in [-0.15, -0.1) is 0 Å². The molecule has 2 bridgehead atoms. The van der Waals surface area contributed by atoms with E-state index in [1.807, 2.05) is 6.07 Å². The number of rotatable bonds is 5. The number of carbonyl (C=O) groups excluding carboxylic acids is 1. The summed E-state index contributed by atoms with van der Waals surface area (Å²) in [6.07, 6.45) is -3.60. The Balaban J connectivity index is 1.36. The summed E-state index contributed by atoms with van der Waals surface area (Å²) in [5, 5.41) is 10.4. The van der Waals surface area contributed by atoms with E-state index in [-0.39, 0.29) is 30.6 Å². The number of nitrogens with one attached hydrogen (secondary N) is 1. The normalized spacial score (nSPS) is 28.1. The highest BCUT2D eigenvalue weighted by molar-refractivity contribution is 7.87.